The summed E-state index contributed by atoms with van der Waals surface area (Å²) in [6.45, 7) is 6.46. The first-order valence-corrected chi connectivity index (χ1v) is 12.8. The van der Waals surface area contributed by atoms with E-state index in [0.29, 0.717) is 28.5 Å². The lowest BCUT2D eigenvalue weighted by Crippen LogP contribution is -2.34. The molecule has 4 nitrogen and oxygen atoms in total. The monoisotopic (exact) mass is 553 g/mol. The number of aliphatic hydroxyl groups is 1. The van der Waals surface area contributed by atoms with Gasteiger partial charge < -0.3 is 19.5 Å². The second-order valence-corrected chi connectivity index (χ2v) is 9.89. The van der Waals surface area contributed by atoms with Gasteiger partial charge in [-0.3, -0.25) is 0 Å². The van der Waals surface area contributed by atoms with Gasteiger partial charge in [-0.15, -0.1) is 0 Å². The predicted octanol–water partition coefficient (Wildman–Crippen LogP) is 8.35. The molecule has 0 aliphatic carbocycles. The molecule has 3 rings (SSSR count). The van der Waals surface area contributed by atoms with Crippen LogP contribution in [0, 0.1) is 5.92 Å². The van der Waals surface area contributed by atoms with Crippen LogP contribution in [0.3, 0.4) is 0 Å². The number of rotatable bonds is 13. The van der Waals surface area contributed by atoms with Gasteiger partial charge in [0.1, 0.15) is 17.2 Å². The molecule has 0 aromatic heterocycles. The zero-order valence-electron chi connectivity index (χ0n) is 21.5. The van der Waals surface area contributed by atoms with Crippen molar-refractivity contribution in [3.8, 4) is 17.2 Å². The van der Waals surface area contributed by atoms with E-state index in [1.54, 1.807) is 24.3 Å². The van der Waals surface area contributed by atoms with Crippen molar-refractivity contribution in [2.75, 3.05) is 11.4 Å². The van der Waals surface area contributed by atoms with E-state index in [0.717, 1.165) is 17.7 Å². The highest BCUT2D eigenvalue weighted by molar-refractivity contribution is 6.31. The van der Waals surface area contributed by atoms with Gasteiger partial charge in [-0.25, -0.2) is 0 Å². The molecule has 9 heteroatoms. The number of hydrogen-bond acceptors (Lipinski definition) is 4. The second kappa shape index (κ2) is 13.2. The molecule has 206 valence electrons. The van der Waals surface area contributed by atoms with E-state index < -0.39 is 18.6 Å². The van der Waals surface area contributed by atoms with E-state index >= 15 is 0 Å². The first-order chi connectivity index (χ1) is 18.0. The fourth-order valence-corrected chi connectivity index (χ4v) is 4.28. The van der Waals surface area contributed by atoms with Crippen molar-refractivity contribution in [1.82, 2.24) is 0 Å². The molecule has 0 aliphatic heterocycles. The van der Waals surface area contributed by atoms with Crippen LogP contribution in [0.25, 0.3) is 0 Å². The topological polar surface area (TPSA) is 41.9 Å². The van der Waals surface area contributed by atoms with E-state index in [1.807, 2.05) is 49.9 Å². The van der Waals surface area contributed by atoms with E-state index in [1.165, 1.54) is 18.2 Å². The first kappa shape index (κ1) is 29.6. The number of ether oxygens (including phenoxy) is 2. The number of anilines is 1. The fraction of sp³-hybridized carbons (Fsp3) is 0.379. The van der Waals surface area contributed by atoms with Crippen LogP contribution < -0.4 is 14.4 Å². The van der Waals surface area contributed by atoms with Gasteiger partial charge in [0, 0.05) is 29.9 Å². The number of alkyl halides is 4. The number of benzene rings is 3. The lowest BCUT2D eigenvalue weighted by Gasteiger charge is -2.29. The highest BCUT2D eigenvalue weighted by Crippen LogP contribution is 2.31. The summed E-state index contributed by atoms with van der Waals surface area (Å²) in [5.41, 5.74) is 2.22. The number of halogens is 5. The molecular formula is C29H32ClF4NO3. The Morgan fingerprint density at radius 3 is 2.32 bits per heavy atom. The zero-order valence-corrected chi connectivity index (χ0v) is 22.3. The molecule has 3 aromatic rings. The average molecular weight is 554 g/mol. The number of nitrogens with zero attached hydrogens (tertiary/aromatic N) is 1. The van der Waals surface area contributed by atoms with Crippen LogP contribution in [-0.2, 0) is 13.0 Å². The van der Waals surface area contributed by atoms with Gasteiger partial charge in [0.05, 0.1) is 6.10 Å². The minimum absolute atomic E-state index is 0.205. The largest absolute Gasteiger partial charge is 0.461 e. The molecule has 0 saturated heterocycles. The van der Waals surface area contributed by atoms with Crippen LogP contribution in [0.15, 0.2) is 66.7 Å². The number of aryl methyl sites for hydroxylation is 1. The standard InChI is InChI=1S/C29H32ClF4NO3/c1-4-21-15-25(11-12-27(21)30)37-24-9-6-8-22(16-24)35(18-23(36)13-19(2)3)17-20-7-5-10-26(14-20)38-29(33,34)28(31)32/h5-12,14-16,19,23,28,36H,4,13,17-18H2,1-3H3. The molecule has 0 bridgehead atoms. The molecular weight excluding hydrogens is 522 g/mol. The van der Waals surface area contributed by atoms with Gasteiger partial charge in [-0.2, -0.15) is 17.6 Å². The lowest BCUT2D eigenvalue weighted by atomic mass is 10.0. The van der Waals surface area contributed by atoms with Crippen LogP contribution in [-0.4, -0.2) is 30.3 Å². The quantitative estimate of drug-likeness (QED) is 0.216. The Hall–Kier alpha value is -2.97. The van der Waals surface area contributed by atoms with Crippen LogP contribution in [0.4, 0.5) is 23.2 Å². The van der Waals surface area contributed by atoms with Crippen molar-refractivity contribution in [3.05, 3.63) is 82.9 Å². The molecule has 1 atom stereocenters. The van der Waals surface area contributed by atoms with E-state index in [9.17, 15) is 22.7 Å². The Balaban J connectivity index is 1.87. The Labute approximate surface area is 225 Å². The highest BCUT2D eigenvalue weighted by atomic mass is 35.5. The van der Waals surface area contributed by atoms with Gasteiger partial charge >= 0.3 is 12.5 Å². The Morgan fingerprint density at radius 2 is 1.63 bits per heavy atom. The van der Waals surface area contributed by atoms with Crippen LogP contribution in [0.5, 0.6) is 17.2 Å². The molecule has 0 saturated carbocycles. The summed E-state index contributed by atoms with van der Waals surface area (Å²) >= 11 is 6.22. The maximum Gasteiger partial charge on any atom is 0.461 e. The molecule has 0 amide bonds. The third kappa shape index (κ3) is 8.53. The minimum atomic E-state index is -4.60. The molecule has 0 radical (unpaired) electrons. The van der Waals surface area contributed by atoms with Crippen LogP contribution in [0.2, 0.25) is 5.02 Å². The molecule has 1 unspecified atom stereocenters. The van der Waals surface area contributed by atoms with Gasteiger partial charge in [0.15, 0.2) is 0 Å². The lowest BCUT2D eigenvalue weighted by molar-refractivity contribution is -0.253. The summed E-state index contributed by atoms with van der Waals surface area (Å²) in [7, 11) is 0. The summed E-state index contributed by atoms with van der Waals surface area (Å²) in [6.07, 6.45) is -7.90. The van der Waals surface area contributed by atoms with E-state index in [-0.39, 0.29) is 24.8 Å². The van der Waals surface area contributed by atoms with Crippen LogP contribution in [0.1, 0.15) is 38.3 Å². The summed E-state index contributed by atoms with van der Waals surface area (Å²) < 4.78 is 62.4. The minimum Gasteiger partial charge on any atom is -0.457 e. The summed E-state index contributed by atoms with van der Waals surface area (Å²) in [5.74, 6) is 1.07. The molecule has 38 heavy (non-hydrogen) atoms. The van der Waals surface area contributed by atoms with Gasteiger partial charge in [-0.1, -0.05) is 50.6 Å². The molecule has 0 spiro atoms. The maximum atomic E-state index is 13.4. The summed E-state index contributed by atoms with van der Waals surface area (Å²) in [6, 6.07) is 18.3. The van der Waals surface area contributed by atoms with Gasteiger partial charge in [0.2, 0.25) is 0 Å². The van der Waals surface area contributed by atoms with Crippen LogP contribution >= 0.6 is 11.6 Å². The predicted molar refractivity (Wildman–Crippen MR) is 142 cm³/mol. The van der Waals surface area contributed by atoms with Gasteiger partial charge in [-0.05, 0) is 72.4 Å². The molecule has 3 aromatic carbocycles. The smallest absolute Gasteiger partial charge is 0.457 e. The van der Waals surface area contributed by atoms with E-state index in [4.69, 9.17) is 16.3 Å². The average Bonchev–Trinajstić information content (AvgIpc) is 2.84. The molecule has 1 N–H and O–H groups in total. The first-order valence-electron chi connectivity index (χ1n) is 12.4. The van der Waals surface area contributed by atoms with Crippen molar-refractivity contribution in [3.63, 3.8) is 0 Å². The highest BCUT2D eigenvalue weighted by Gasteiger charge is 2.44. The normalized spacial score (nSPS) is 12.6. The number of hydrogen-bond donors (Lipinski definition) is 1. The molecule has 0 fully saturated rings. The van der Waals surface area contributed by atoms with Gasteiger partial charge in [0.25, 0.3) is 0 Å². The molecule has 0 heterocycles. The second-order valence-electron chi connectivity index (χ2n) is 9.48. The van der Waals surface area contributed by atoms with Crippen molar-refractivity contribution in [1.29, 1.82) is 0 Å². The summed E-state index contributed by atoms with van der Waals surface area (Å²) in [4.78, 5) is 1.88. The molecule has 0 aliphatic rings. The van der Waals surface area contributed by atoms with Crippen molar-refractivity contribution >= 4 is 17.3 Å². The van der Waals surface area contributed by atoms with Crippen molar-refractivity contribution in [2.45, 2.75) is 58.8 Å². The Morgan fingerprint density at radius 1 is 0.947 bits per heavy atom. The zero-order chi connectivity index (χ0) is 27.9. The van der Waals surface area contributed by atoms with Crippen molar-refractivity contribution in [2.24, 2.45) is 5.92 Å². The van der Waals surface area contributed by atoms with Crippen molar-refractivity contribution < 1.29 is 32.1 Å². The van der Waals surface area contributed by atoms with E-state index in [2.05, 4.69) is 4.74 Å². The number of aliphatic hydroxyl groups excluding tert-OH is 1. The SMILES string of the molecule is CCc1cc(Oc2cccc(N(Cc3cccc(OC(F)(F)C(F)F)c3)CC(O)CC(C)C)c2)ccc1Cl. The fourth-order valence-electron chi connectivity index (χ4n) is 4.03. The third-order valence-electron chi connectivity index (χ3n) is 5.77. The summed E-state index contributed by atoms with van der Waals surface area (Å²) in [5, 5.41) is 11.4. The third-order valence-corrected chi connectivity index (χ3v) is 6.14. The Kier molecular flexibility index (Phi) is 10.3. The Bertz CT molecular complexity index is 1190. The maximum absolute atomic E-state index is 13.4.